The van der Waals surface area contributed by atoms with E-state index in [0.29, 0.717) is 6.04 Å². The second kappa shape index (κ2) is 2.68. The lowest BCUT2D eigenvalue weighted by atomic mass is 10.0. The molecular formula is C12H10N2. The van der Waals surface area contributed by atoms with Crippen LogP contribution in [-0.4, -0.2) is 6.04 Å². The maximum absolute atomic E-state index is 9.03. The van der Waals surface area contributed by atoms with Gasteiger partial charge in [-0.05, 0) is 24.5 Å². The second-order valence-corrected chi connectivity index (χ2v) is 3.88. The average molecular weight is 182 g/mol. The van der Waals surface area contributed by atoms with Gasteiger partial charge in [-0.3, -0.25) is 4.99 Å². The van der Waals surface area contributed by atoms with Crippen LogP contribution in [0.25, 0.3) is 5.57 Å². The van der Waals surface area contributed by atoms with E-state index in [1.165, 1.54) is 10.8 Å². The van der Waals surface area contributed by atoms with Crippen LogP contribution in [0.3, 0.4) is 0 Å². The minimum Gasteiger partial charge on any atom is -0.277 e. The highest BCUT2D eigenvalue weighted by atomic mass is 14.8. The van der Waals surface area contributed by atoms with Gasteiger partial charge in [0.05, 0.1) is 23.4 Å². The van der Waals surface area contributed by atoms with E-state index in [1.807, 2.05) is 18.2 Å². The van der Waals surface area contributed by atoms with Crippen molar-refractivity contribution < 1.29 is 0 Å². The van der Waals surface area contributed by atoms with Crippen molar-refractivity contribution in [3.05, 3.63) is 34.8 Å². The van der Waals surface area contributed by atoms with Crippen LogP contribution in [0.15, 0.2) is 29.3 Å². The first kappa shape index (κ1) is 7.75. The molecule has 68 valence electrons. The Bertz CT molecular complexity index is 536. The van der Waals surface area contributed by atoms with Gasteiger partial charge in [0, 0.05) is 5.22 Å². The lowest BCUT2D eigenvalue weighted by molar-refractivity contribution is 0.740. The maximum atomic E-state index is 9.03. The molecule has 2 atom stereocenters. The van der Waals surface area contributed by atoms with Crippen LogP contribution < -0.4 is 10.6 Å². The molecule has 0 radical (unpaired) electrons. The third kappa shape index (κ3) is 0.871. The predicted octanol–water partition coefficient (Wildman–Crippen LogP) is 0.773. The second-order valence-electron chi connectivity index (χ2n) is 3.88. The molecule has 1 aliphatic heterocycles. The van der Waals surface area contributed by atoms with Gasteiger partial charge >= 0.3 is 0 Å². The lowest BCUT2D eigenvalue weighted by Crippen LogP contribution is -2.23. The topological polar surface area (TPSA) is 36.1 Å². The number of nitrogens with zero attached hydrogens (tertiary/aromatic N) is 2. The summed E-state index contributed by atoms with van der Waals surface area (Å²) in [5, 5.41) is 11.3. The van der Waals surface area contributed by atoms with Crippen molar-refractivity contribution in [2.45, 2.75) is 18.9 Å². The Morgan fingerprint density at radius 1 is 1.29 bits per heavy atom. The maximum Gasteiger partial charge on any atom is 0.0739 e. The van der Waals surface area contributed by atoms with Gasteiger partial charge in [0.2, 0.25) is 0 Å². The Balaban J connectivity index is 2.35. The first-order valence-corrected chi connectivity index (χ1v) is 4.97. The van der Waals surface area contributed by atoms with Crippen molar-refractivity contribution in [1.29, 1.82) is 5.26 Å². The van der Waals surface area contributed by atoms with Crippen LogP contribution in [0.1, 0.15) is 12.8 Å². The summed E-state index contributed by atoms with van der Waals surface area (Å²) in [6.45, 7) is 0. The number of hydrogen-bond acceptors (Lipinski definition) is 2. The zero-order valence-electron chi connectivity index (χ0n) is 7.77. The van der Waals surface area contributed by atoms with Crippen molar-refractivity contribution in [2.24, 2.45) is 10.9 Å². The number of hydrogen-bond donors (Lipinski definition) is 0. The van der Waals surface area contributed by atoms with E-state index in [2.05, 4.69) is 17.1 Å². The molecule has 14 heavy (non-hydrogen) atoms. The smallest absolute Gasteiger partial charge is 0.0739 e. The summed E-state index contributed by atoms with van der Waals surface area (Å²) in [5.74, 6) is 0.104. The Morgan fingerprint density at radius 2 is 2.14 bits per heavy atom. The van der Waals surface area contributed by atoms with Crippen molar-refractivity contribution in [3.8, 4) is 6.07 Å². The highest BCUT2D eigenvalue weighted by Crippen LogP contribution is 2.34. The molecule has 1 heterocycles. The van der Waals surface area contributed by atoms with E-state index in [0.717, 1.165) is 18.2 Å². The molecule has 2 nitrogen and oxygen atoms in total. The zero-order chi connectivity index (χ0) is 9.54. The molecular weight excluding hydrogens is 172 g/mol. The molecule has 2 heteroatoms. The summed E-state index contributed by atoms with van der Waals surface area (Å²) in [7, 11) is 0. The van der Waals surface area contributed by atoms with Crippen LogP contribution in [-0.2, 0) is 0 Å². The van der Waals surface area contributed by atoms with Gasteiger partial charge in [-0.2, -0.15) is 5.26 Å². The molecule has 0 N–H and O–H groups in total. The summed E-state index contributed by atoms with van der Waals surface area (Å²) in [5.41, 5.74) is 1.27. The highest BCUT2D eigenvalue weighted by molar-refractivity contribution is 5.60. The fourth-order valence-corrected chi connectivity index (χ4v) is 2.50. The van der Waals surface area contributed by atoms with Crippen LogP contribution in [0.5, 0.6) is 0 Å². The van der Waals surface area contributed by atoms with Crippen LogP contribution in [0, 0.1) is 17.2 Å². The Labute approximate surface area is 82.2 Å². The molecule has 2 aliphatic rings. The summed E-state index contributed by atoms with van der Waals surface area (Å²) < 4.78 is 0. The fraction of sp³-hybridized carbons (Fsp3) is 0.333. The van der Waals surface area contributed by atoms with Crippen LogP contribution in [0.4, 0.5) is 0 Å². The van der Waals surface area contributed by atoms with Crippen molar-refractivity contribution in [3.63, 3.8) is 0 Å². The molecule has 1 aromatic carbocycles. The third-order valence-electron chi connectivity index (χ3n) is 3.13. The van der Waals surface area contributed by atoms with E-state index >= 15 is 0 Å². The quantitative estimate of drug-likeness (QED) is 0.584. The lowest BCUT2D eigenvalue weighted by Gasteiger charge is -2.01. The minimum absolute atomic E-state index is 0.104. The molecule has 1 aliphatic carbocycles. The molecule has 0 spiro atoms. The fourth-order valence-electron chi connectivity index (χ4n) is 2.50. The van der Waals surface area contributed by atoms with Gasteiger partial charge in [0.25, 0.3) is 0 Å². The molecule has 1 saturated carbocycles. The molecule has 2 unspecified atom stereocenters. The van der Waals surface area contributed by atoms with Gasteiger partial charge in [-0.1, -0.05) is 18.2 Å². The Kier molecular flexibility index (Phi) is 1.49. The highest BCUT2D eigenvalue weighted by Gasteiger charge is 2.32. The number of nitriles is 1. The molecule has 3 rings (SSSR count). The van der Waals surface area contributed by atoms with Crippen molar-refractivity contribution >= 4 is 5.57 Å². The number of rotatable bonds is 0. The normalized spacial score (nSPS) is 27.8. The summed E-state index contributed by atoms with van der Waals surface area (Å²) >= 11 is 0. The van der Waals surface area contributed by atoms with Gasteiger partial charge in [-0.25, -0.2) is 0 Å². The zero-order valence-corrected chi connectivity index (χ0v) is 7.77. The molecule has 0 saturated heterocycles. The van der Waals surface area contributed by atoms with E-state index in [9.17, 15) is 0 Å². The summed E-state index contributed by atoms with van der Waals surface area (Å²) in [6, 6.07) is 10.8. The first-order valence-electron chi connectivity index (χ1n) is 4.97. The van der Waals surface area contributed by atoms with Gasteiger partial charge in [0.15, 0.2) is 0 Å². The standard InChI is InChI=1S/C12H10N2/c13-7-8-5-6-11-12(8)9-3-1-2-4-10(9)14-11/h1-4,8,11H,5-6H2. The third-order valence-corrected chi connectivity index (χ3v) is 3.13. The summed E-state index contributed by atoms with van der Waals surface area (Å²) in [6.07, 6.45) is 2.02. The van der Waals surface area contributed by atoms with Crippen molar-refractivity contribution in [2.75, 3.05) is 0 Å². The monoisotopic (exact) mass is 182 g/mol. The van der Waals surface area contributed by atoms with E-state index in [-0.39, 0.29) is 5.92 Å². The van der Waals surface area contributed by atoms with Crippen molar-refractivity contribution in [1.82, 2.24) is 0 Å². The Morgan fingerprint density at radius 3 is 3.00 bits per heavy atom. The first-order chi connectivity index (χ1) is 6.90. The van der Waals surface area contributed by atoms with E-state index in [1.54, 1.807) is 0 Å². The Hall–Kier alpha value is -1.62. The van der Waals surface area contributed by atoms with E-state index < -0.39 is 0 Å². The summed E-state index contributed by atoms with van der Waals surface area (Å²) in [4.78, 5) is 4.62. The number of benzene rings is 1. The molecule has 0 bridgehead atoms. The molecule has 1 fully saturated rings. The van der Waals surface area contributed by atoms with Gasteiger partial charge < -0.3 is 0 Å². The largest absolute Gasteiger partial charge is 0.277 e. The van der Waals surface area contributed by atoms with Crippen LogP contribution in [0.2, 0.25) is 0 Å². The molecule has 0 aromatic heterocycles. The minimum atomic E-state index is 0.104. The van der Waals surface area contributed by atoms with Crippen LogP contribution >= 0.6 is 0 Å². The predicted molar refractivity (Wildman–Crippen MR) is 52.8 cm³/mol. The van der Waals surface area contributed by atoms with E-state index in [4.69, 9.17) is 5.26 Å². The molecule has 0 amide bonds. The SMILES string of the molecule is N#CC1CCC2N=c3ccccc3=C12. The van der Waals surface area contributed by atoms with Gasteiger partial charge in [0.1, 0.15) is 0 Å². The number of fused-ring (bicyclic) bond motifs is 2. The van der Waals surface area contributed by atoms with Gasteiger partial charge in [-0.15, -0.1) is 0 Å². The molecule has 1 aromatic rings. The average Bonchev–Trinajstić information content (AvgIpc) is 2.75. The number of para-hydroxylation sites is 1.